The van der Waals surface area contributed by atoms with E-state index in [0.717, 1.165) is 36.9 Å². The van der Waals surface area contributed by atoms with Crippen molar-refractivity contribution in [3.63, 3.8) is 0 Å². The number of aromatic nitrogens is 2. The van der Waals surface area contributed by atoms with E-state index in [1.54, 1.807) is 16.6 Å². The number of carbonyl (C=O) groups excluding carboxylic acids is 2. The van der Waals surface area contributed by atoms with Crippen LogP contribution in [0, 0.1) is 0 Å². The zero-order valence-corrected chi connectivity index (χ0v) is 18.3. The molecule has 33 heavy (non-hydrogen) atoms. The van der Waals surface area contributed by atoms with Gasteiger partial charge in [-0.25, -0.2) is 0 Å². The predicted molar refractivity (Wildman–Crippen MR) is 125 cm³/mol. The minimum Gasteiger partial charge on any atom is -0.457 e. The Morgan fingerprint density at radius 3 is 2.55 bits per heavy atom. The highest BCUT2D eigenvalue weighted by Gasteiger charge is 2.28. The Morgan fingerprint density at radius 1 is 1.15 bits per heavy atom. The molecule has 0 saturated carbocycles. The number of ether oxygens (including phenoxy) is 1. The zero-order chi connectivity index (χ0) is 23.2. The molecule has 3 aromatic rings. The smallest absolute Gasteiger partial charge is 0.209 e. The van der Waals surface area contributed by atoms with Crippen molar-refractivity contribution in [2.24, 2.45) is 10.8 Å². The van der Waals surface area contributed by atoms with Crippen molar-refractivity contribution in [3.05, 3.63) is 65.9 Å². The molecule has 1 unspecified atom stereocenters. The number of amides is 1. The number of hydrazone groups is 1. The summed E-state index contributed by atoms with van der Waals surface area (Å²) in [7, 11) is 1.64. The Kier molecular flexibility index (Phi) is 6.68. The van der Waals surface area contributed by atoms with Crippen molar-refractivity contribution < 1.29 is 14.3 Å². The maximum atomic E-state index is 12.2. The summed E-state index contributed by atoms with van der Waals surface area (Å²) in [6, 6.07) is 16.8. The number of amidine groups is 1. The second-order valence-corrected chi connectivity index (χ2v) is 7.73. The minimum atomic E-state index is -0.125. The predicted octanol–water partition coefficient (Wildman–Crippen LogP) is 2.79. The van der Waals surface area contributed by atoms with Crippen LogP contribution in [0.3, 0.4) is 0 Å². The summed E-state index contributed by atoms with van der Waals surface area (Å²) in [5.74, 6) is 1.57. The first-order chi connectivity index (χ1) is 16.1. The fourth-order valence-corrected chi connectivity index (χ4v) is 4.05. The van der Waals surface area contributed by atoms with E-state index in [4.69, 9.17) is 15.6 Å². The maximum Gasteiger partial charge on any atom is 0.209 e. The van der Waals surface area contributed by atoms with Crippen molar-refractivity contribution in [2.45, 2.75) is 18.9 Å². The number of carbonyl (C=O) groups is 2. The Bertz CT molecular complexity index is 1140. The number of likely N-dealkylation sites (tertiary alicyclic amines) is 1. The molecule has 170 valence electrons. The number of piperidine rings is 1. The highest BCUT2D eigenvalue weighted by molar-refractivity contribution is 6.07. The lowest BCUT2D eigenvalue weighted by Gasteiger charge is -2.30. The van der Waals surface area contributed by atoms with Crippen molar-refractivity contribution in [3.8, 4) is 22.8 Å². The number of aldehydes is 1. The van der Waals surface area contributed by atoms with Crippen LogP contribution in [-0.2, 0) is 4.79 Å². The summed E-state index contributed by atoms with van der Waals surface area (Å²) in [5, 5.41) is 8.87. The summed E-state index contributed by atoms with van der Waals surface area (Å²) in [6.07, 6.45) is 3.22. The van der Waals surface area contributed by atoms with Crippen LogP contribution >= 0.6 is 0 Å². The largest absolute Gasteiger partial charge is 0.457 e. The van der Waals surface area contributed by atoms with Crippen LogP contribution in [0.1, 0.15) is 34.9 Å². The second kappa shape index (κ2) is 9.99. The molecule has 1 aliphatic heterocycles. The number of benzene rings is 2. The highest BCUT2D eigenvalue weighted by atomic mass is 16.5. The molecule has 0 bridgehead atoms. The van der Waals surface area contributed by atoms with Crippen LogP contribution in [0.15, 0.2) is 59.7 Å². The SMILES string of the molecule is CN/N=C(/N)c1c(-c2ccc(Oc3ccccc3)cc2)nn(C2CCCN(C=O)C2)c1C=O. The molecular formula is C24H26N6O3. The van der Waals surface area contributed by atoms with Gasteiger partial charge < -0.3 is 20.8 Å². The van der Waals surface area contributed by atoms with Crippen molar-refractivity contribution in [1.29, 1.82) is 0 Å². The molecule has 1 aliphatic rings. The molecule has 1 amide bonds. The number of hydrogen-bond donors (Lipinski definition) is 2. The summed E-state index contributed by atoms with van der Waals surface area (Å²) in [5.41, 5.74) is 11.0. The topological polar surface area (TPSA) is 115 Å². The van der Waals surface area contributed by atoms with E-state index in [1.165, 1.54) is 0 Å². The molecule has 2 aromatic carbocycles. The van der Waals surface area contributed by atoms with Gasteiger partial charge in [0, 0.05) is 25.7 Å². The number of rotatable bonds is 8. The van der Waals surface area contributed by atoms with E-state index in [-0.39, 0.29) is 11.9 Å². The van der Waals surface area contributed by atoms with E-state index in [2.05, 4.69) is 10.5 Å². The second-order valence-electron chi connectivity index (χ2n) is 7.73. The van der Waals surface area contributed by atoms with Gasteiger partial charge >= 0.3 is 0 Å². The van der Waals surface area contributed by atoms with Gasteiger partial charge in [0.05, 0.1) is 11.6 Å². The van der Waals surface area contributed by atoms with Gasteiger partial charge in [0.25, 0.3) is 0 Å². The van der Waals surface area contributed by atoms with Crippen LogP contribution in [-0.4, -0.2) is 53.3 Å². The minimum absolute atomic E-state index is 0.125. The first-order valence-corrected chi connectivity index (χ1v) is 10.7. The van der Waals surface area contributed by atoms with E-state index in [1.807, 2.05) is 54.6 Å². The number of nitrogens with zero attached hydrogens (tertiary/aromatic N) is 4. The molecule has 4 rings (SSSR count). The molecule has 9 nitrogen and oxygen atoms in total. The molecule has 0 spiro atoms. The third kappa shape index (κ3) is 4.72. The lowest BCUT2D eigenvalue weighted by atomic mass is 10.0. The van der Waals surface area contributed by atoms with Gasteiger partial charge in [-0.2, -0.15) is 10.2 Å². The van der Waals surface area contributed by atoms with Gasteiger partial charge in [0.15, 0.2) is 12.1 Å². The first-order valence-electron chi connectivity index (χ1n) is 10.7. The van der Waals surface area contributed by atoms with E-state index in [9.17, 15) is 9.59 Å². The van der Waals surface area contributed by atoms with Crippen LogP contribution in [0.5, 0.6) is 11.5 Å². The Morgan fingerprint density at radius 2 is 1.88 bits per heavy atom. The molecule has 0 radical (unpaired) electrons. The Hall–Kier alpha value is -4.14. The van der Waals surface area contributed by atoms with Crippen LogP contribution in [0.4, 0.5) is 0 Å². The molecule has 1 fully saturated rings. The van der Waals surface area contributed by atoms with Crippen molar-refractivity contribution in [1.82, 2.24) is 20.1 Å². The van der Waals surface area contributed by atoms with E-state index in [0.29, 0.717) is 35.8 Å². The van der Waals surface area contributed by atoms with Gasteiger partial charge in [-0.1, -0.05) is 18.2 Å². The molecule has 1 saturated heterocycles. The summed E-state index contributed by atoms with van der Waals surface area (Å²) >= 11 is 0. The third-order valence-electron chi connectivity index (χ3n) is 5.58. The van der Waals surface area contributed by atoms with Crippen molar-refractivity contribution in [2.75, 3.05) is 20.1 Å². The van der Waals surface area contributed by atoms with E-state index >= 15 is 0 Å². The van der Waals surface area contributed by atoms with Crippen LogP contribution in [0.2, 0.25) is 0 Å². The highest BCUT2D eigenvalue weighted by Crippen LogP contribution is 2.31. The molecule has 9 heteroatoms. The molecule has 2 heterocycles. The molecule has 1 aromatic heterocycles. The van der Waals surface area contributed by atoms with Gasteiger partial charge in [0.2, 0.25) is 6.41 Å². The molecular weight excluding hydrogens is 420 g/mol. The van der Waals surface area contributed by atoms with Crippen LogP contribution in [0.25, 0.3) is 11.3 Å². The zero-order valence-electron chi connectivity index (χ0n) is 18.3. The number of nitrogens with one attached hydrogen (secondary N) is 1. The van der Waals surface area contributed by atoms with Gasteiger partial charge in [-0.15, -0.1) is 0 Å². The number of nitrogens with two attached hydrogens (primary N) is 1. The standard InChI is InChI=1S/C24H26N6O3/c1-26-27-24(25)22-21(15-31)30(18-6-5-13-29(14-18)16-32)28-23(22)17-9-11-20(12-10-17)33-19-7-3-2-4-8-19/h2-4,7-12,15-16,18,26H,5-6,13-14H2,1H3,(H2,25,27). The normalized spacial score (nSPS) is 16.3. The third-order valence-corrected chi connectivity index (χ3v) is 5.58. The monoisotopic (exact) mass is 446 g/mol. The summed E-state index contributed by atoms with van der Waals surface area (Å²) in [6.45, 7) is 1.18. The van der Waals surface area contributed by atoms with Gasteiger partial charge in [-0.3, -0.25) is 14.3 Å². The lowest BCUT2D eigenvalue weighted by molar-refractivity contribution is -0.119. The fourth-order valence-electron chi connectivity index (χ4n) is 4.05. The van der Waals surface area contributed by atoms with Gasteiger partial charge in [-0.05, 0) is 49.2 Å². The fraction of sp³-hybridized carbons (Fsp3) is 0.250. The van der Waals surface area contributed by atoms with E-state index < -0.39 is 0 Å². The van der Waals surface area contributed by atoms with Gasteiger partial charge in [0.1, 0.15) is 22.9 Å². The average Bonchev–Trinajstić information content (AvgIpc) is 3.25. The Balaban J connectivity index is 1.73. The number of hydrogen-bond acceptors (Lipinski definition) is 6. The molecule has 1 atom stereocenters. The first kappa shape index (κ1) is 22.1. The average molecular weight is 447 g/mol. The Labute approximate surface area is 191 Å². The van der Waals surface area contributed by atoms with Crippen LogP contribution < -0.4 is 15.9 Å². The quantitative estimate of drug-likeness (QED) is 0.238. The molecule has 0 aliphatic carbocycles. The maximum absolute atomic E-state index is 12.2. The number of para-hydroxylation sites is 1. The molecule has 3 N–H and O–H groups in total. The lowest BCUT2D eigenvalue weighted by Crippen LogP contribution is -2.36. The summed E-state index contributed by atoms with van der Waals surface area (Å²) in [4.78, 5) is 25.2. The summed E-state index contributed by atoms with van der Waals surface area (Å²) < 4.78 is 7.56. The van der Waals surface area contributed by atoms with Crippen molar-refractivity contribution >= 4 is 18.5 Å².